The first-order valence-corrected chi connectivity index (χ1v) is 8.69. The summed E-state index contributed by atoms with van der Waals surface area (Å²) in [7, 11) is 0. The van der Waals surface area contributed by atoms with Crippen LogP contribution in [0.5, 0.6) is 5.75 Å². The number of carbonyl (C=O) groups is 1. The van der Waals surface area contributed by atoms with Crippen molar-refractivity contribution >= 4 is 37.8 Å². The Hall–Kier alpha value is -0.590. The summed E-state index contributed by atoms with van der Waals surface area (Å²) >= 11 is 6.81. The van der Waals surface area contributed by atoms with Crippen LogP contribution in [0.25, 0.3) is 0 Å². The van der Waals surface area contributed by atoms with Gasteiger partial charge in [0.25, 0.3) is 5.91 Å². The van der Waals surface area contributed by atoms with Crippen molar-refractivity contribution in [1.82, 2.24) is 4.90 Å². The molecular weight excluding hydrogens is 402 g/mol. The number of hydrogen-bond acceptors (Lipinski definition) is 3. The van der Waals surface area contributed by atoms with Crippen molar-refractivity contribution in [3.63, 3.8) is 0 Å². The Morgan fingerprint density at radius 2 is 1.71 bits per heavy atom. The monoisotopic (exact) mass is 419 g/mol. The molecule has 21 heavy (non-hydrogen) atoms. The van der Waals surface area contributed by atoms with E-state index < -0.39 is 0 Å². The molecule has 1 amide bonds. The molecule has 116 valence electrons. The van der Waals surface area contributed by atoms with Crippen LogP contribution in [0.1, 0.15) is 31.2 Å². The third-order valence-corrected chi connectivity index (χ3v) is 4.72. The summed E-state index contributed by atoms with van der Waals surface area (Å²) in [5.41, 5.74) is 0.778. The summed E-state index contributed by atoms with van der Waals surface area (Å²) < 4.78 is 7.11. The molecule has 1 fully saturated rings. The summed E-state index contributed by atoms with van der Waals surface area (Å²) in [6.45, 7) is 1.65. The lowest BCUT2D eigenvalue weighted by Gasteiger charge is -2.21. The number of ether oxygens (including phenoxy) is 1. The Morgan fingerprint density at radius 1 is 1.14 bits per heavy atom. The van der Waals surface area contributed by atoms with Gasteiger partial charge in [-0.2, -0.15) is 0 Å². The average Bonchev–Trinajstić information content (AvgIpc) is 2.75. The van der Waals surface area contributed by atoms with Crippen LogP contribution in [-0.4, -0.2) is 35.6 Å². The van der Waals surface area contributed by atoms with Gasteiger partial charge in [0.15, 0.2) is 6.61 Å². The molecule has 4 nitrogen and oxygen atoms in total. The molecule has 1 N–H and O–H groups in total. The van der Waals surface area contributed by atoms with Crippen LogP contribution in [-0.2, 0) is 11.4 Å². The maximum absolute atomic E-state index is 12.2. The van der Waals surface area contributed by atoms with Crippen molar-refractivity contribution in [1.29, 1.82) is 0 Å². The van der Waals surface area contributed by atoms with Crippen LogP contribution in [0, 0.1) is 0 Å². The van der Waals surface area contributed by atoms with Gasteiger partial charge in [-0.3, -0.25) is 4.79 Å². The first-order valence-electron chi connectivity index (χ1n) is 7.11. The van der Waals surface area contributed by atoms with Crippen LogP contribution in [0.2, 0.25) is 0 Å². The van der Waals surface area contributed by atoms with Crippen molar-refractivity contribution in [2.45, 2.75) is 32.3 Å². The van der Waals surface area contributed by atoms with E-state index in [2.05, 4.69) is 31.9 Å². The molecule has 1 aliphatic rings. The van der Waals surface area contributed by atoms with Crippen molar-refractivity contribution in [3.8, 4) is 5.75 Å². The topological polar surface area (TPSA) is 49.8 Å². The van der Waals surface area contributed by atoms with E-state index in [1.54, 1.807) is 12.1 Å². The van der Waals surface area contributed by atoms with E-state index in [4.69, 9.17) is 9.84 Å². The molecule has 1 heterocycles. The Bertz CT molecular complexity index is 477. The van der Waals surface area contributed by atoms with Gasteiger partial charge in [-0.25, -0.2) is 0 Å². The normalized spacial score (nSPS) is 15.7. The van der Waals surface area contributed by atoms with E-state index in [-0.39, 0.29) is 19.1 Å². The highest BCUT2D eigenvalue weighted by molar-refractivity contribution is 9.11. The lowest BCUT2D eigenvalue weighted by molar-refractivity contribution is -0.133. The SMILES string of the molecule is O=C(COc1c(Br)cc(CO)cc1Br)N1CCCCCC1. The summed E-state index contributed by atoms with van der Waals surface area (Å²) in [5, 5.41) is 9.15. The summed E-state index contributed by atoms with van der Waals surface area (Å²) in [4.78, 5) is 14.1. The van der Waals surface area contributed by atoms with Crippen LogP contribution in [0.3, 0.4) is 0 Å². The van der Waals surface area contributed by atoms with Gasteiger partial charge in [0.2, 0.25) is 0 Å². The Morgan fingerprint density at radius 3 is 2.24 bits per heavy atom. The van der Waals surface area contributed by atoms with E-state index in [9.17, 15) is 4.79 Å². The number of halogens is 2. The number of likely N-dealkylation sites (tertiary alicyclic amines) is 1. The van der Waals surface area contributed by atoms with Gasteiger partial charge < -0.3 is 14.7 Å². The van der Waals surface area contributed by atoms with E-state index in [0.29, 0.717) is 5.75 Å². The number of aliphatic hydroxyl groups is 1. The number of amides is 1. The predicted octanol–water partition coefficient (Wildman–Crippen LogP) is 3.49. The van der Waals surface area contributed by atoms with E-state index in [0.717, 1.165) is 40.4 Å². The zero-order valence-electron chi connectivity index (χ0n) is 11.8. The van der Waals surface area contributed by atoms with Gasteiger partial charge in [-0.1, -0.05) is 12.8 Å². The van der Waals surface area contributed by atoms with Gasteiger partial charge >= 0.3 is 0 Å². The smallest absolute Gasteiger partial charge is 0.260 e. The van der Waals surface area contributed by atoms with Gasteiger partial charge in [-0.05, 0) is 62.4 Å². The fourth-order valence-electron chi connectivity index (χ4n) is 2.39. The summed E-state index contributed by atoms with van der Waals surface area (Å²) in [6.07, 6.45) is 4.55. The van der Waals surface area contributed by atoms with Crippen molar-refractivity contribution in [3.05, 3.63) is 26.6 Å². The fourth-order valence-corrected chi connectivity index (χ4v) is 3.90. The van der Waals surface area contributed by atoms with E-state index >= 15 is 0 Å². The highest BCUT2D eigenvalue weighted by Crippen LogP contribution is 2.34. The molecule has 2 rings (SSSR count). The molecule has 0 aromatic heterocycles. The molecule has 1 aromatic rings. The standard InChI is InChI=1S/C15H19Br2NO3/c16-12-7-11(9-19)8-13(17)15(12)21-10-14(20)18-5-3-1-2-4-6-18/h7-8,19H,1-6,9-10H2. The minimum Gasteiger partial charge on any atom is -0.481 e. The van der Waals surface area contributed by atoms with Gasteiger partial charge in [-0.15, -0.1) is 0 Å². The fraction of sp³-hybridized carbons (Fsp3) is 0.533. The zero-order chi connectivity index (χ0) is 15.2. The Balaban J connectivity index is 1.97. The van der Waals surface area contributed by atoms with Crippen LogP contribution < -0.4 is 4.74 Å². The first kappa shape index (κ1) is 16.8. The molecule has 0 saturated carbocycles. The average molecular weight is 421 g/mol. The van der Waals surface area contributed by atoms with Crippen LogP contribution >= 0.6 is 31.9 Å². The summed E-state index contributed by atoms with van der Waals surface area (Å²) in [5.74, 6) is 0.623. The number of nitrogens with zero attached hydrogens (tertiary/aromatic N) is 1. The van der Waals surface area contributed by atoms with Crippen LogP contribution in [0.15, 0.2) is 21.1 Å². The maximum Gasteiger partial charge on any atom is 0.260 e. The second-order valence-corrected chi connectivity index (χ2v) is 6.84. The van der Waals surface area contributed by atoms with Crippen molar-refractivity contribution < 1.29 is 14.6 Å². The number of hydrogen-bond donors (Lipinski definition) is 1. The number of aliphatic hydroxyl groups excluding tert-OH is 1. The number of carbonyl (C=O) groups excluding carboxylic acids is 1. The molecule has 1 aliphatic heterocycles. The number of rotatable bonds is 4. The first-order chi connectivity index (χ1) is 10.1. The van der Waals surface area contributed by atoms with Gasteiger partial charge in [0.1, 0.15) is 5.75 Å². The van der Waals surface area contributed by atoms with Crippen molar-refractivity contribution in [2.24, 2.45) is 0 Å². The van der Waals surface area contributed by atoms with Gasteiger partial charge in [0, 0.05) is 13.1 Å². The van der Waals surface area contributed by atoms with E-state index in [1.165, 1.54) is 12.8 Å². The summed E-state index contributed by atoms with van der Waals surface area (Å²) in [6, 6.07) is 3.58. The zero-order valence-corrected chi connectivity index (χ0v) is 15.0. The molecule has 0 aliphatic carbocycles. The third kappa shape index (κ3) is 4.69. The molecule has 6 heteroatoms. The molecule has 0 bridgehead atoms. The molecular formula is C15H19Br2NO3. The molecule has 0 unspecified atom stereocenters. The molecule has 1 saturated heterocycles. The Labute approximate surface area is 141 Å². The predicted molar refractivity (Wildman–Crippen MR) is 88.3 cm³/mol. The molecule has 0 spiro atoms. The van der Waals surface area contributed by atoms with E-state index in [1.807, 2.05) is 4.90 Å². The highest BCUT2D eigenvalue weighted by Gasteiger charge is 2.17. The largest absolute Gasteiger partial charge is 0.481 e. The maximum atomic E-state index is 12.2. The minimum atomic E-state index is -0.0375. The molecule has 1 aromatic carbocycles. The molecule has 0 radical (unpaired) electrons. The minimum absolute atomic E-state index is 0.0296. The molecule has 0 atom stereocenters. The number of benzene rings is 1. The lowest BCUT2D eigenvalue weighted by atomic mass is 10.2. The Kier molecular flexibility index (Phi) is 6.51. The second-order valence-electron chi connectivity index (χ2n) is 5.13. The van der Waals surface area contributed by atoms with Crippen LogP contribution in [0.4, 0.5) is 0 Å². The quantitative estimate of drug-likeness (QED) is 0.810. The van der Waals surface area contributed by atoms with Gasteiger partial charge in [0.05, 0.1) is 15.6 Å². The lowest BCUT2D eigenvalue weighted by Crippen LogP contribution is -2.35. The second kappa shape index (κ2) is 8.15. The van der Waals surface area contributed by atoms with Crippen molar-refractivity contribution in [2.75, 3.05) is 19.7 Å². The highest BCUT2D eigenvalue weighted by atomic mass is 79.9. The third-order valence-electron chi connectivity index (χ3n) is 3.54.